The standard InChI is InChI=1S/C17H25FN2O/c1-3-4-5-6-9-13(2)20-16(21)12-19-17(20)14-10-7-8-11-15(14)18/h7-8,10-11,13,17,19H,3-6,9,12H2,1-2H3. The predicted molar refractivity (Wildman–Crippen MR) is 82.2 cm³/mol. The minimum absolute atomic E-state index is 0.0613. The van der Waals surface area contributed by atoms with Crippen LogP contribution < -0.4 is 5.32 Å². The van der Waals surface area contributed by atoms with Gasteiger partial charge < -0.3 is 4.90 Å². The molecule has 2 rings (SSSR count). The van der Waals surface area contributed by atoms with Gasteiger partial charge in [-0.05, 0) is 19.4 Å². The van der Waals surface area contributed by atoms with E-state index < -0.39 is 0 Å². The molecule has 1 fully saturated rings. The Morgan fingerprint density at radius 1 is 1.33 bits per heavy atom. The van der Waals surface area contributed by atoms with E-state index in [-0.39, 0.29) is 30.5 Å². The largest absolute Gasteiger partial charge is 0.319 e. The number of carbonyl (C=O) groups is 1. The van der Waals surface area contributed by atoms with E-state index in [1.807, 2.05) is 11.0 Å². The van der Waals surface area contributed by atoms with E-state index in [9.17, 15) is 9.18 Å². The summed E-state index contributed by atoms with van der Waals surface area (Å²) in [6.45, 7) is 4.54. The number of hydrogen-bond acceptors (Lipinski definition) is 2. The molecule has 0 saturated carbocycles. The minimum atomic E-state index is -0.333. The number of nitrogens with zero attached hydrogens (tertiary/aromatic N) is 1. The molecule has 0 radical (unpaired) electrons. The maximum Gasteiger partial charge on any atom is 0.238 e. The zero-order valence-electron chi connectivity index (χ0n) is 12.9. The quantitative estimate of drug-likeness (QED) is 0.779. The number of halogens is 1. The van der Waals surface area contributed by atoms with Crippen LogP contribution in [0.25, 0.3) is 0 Å². The lowest BCUT2D eigenvalue weighted by Gasteiger charge is -2.31. The summed E-state index contributed by atoms with van der Waals surface area (Å²) in [5, 5.41) is 3.13. The first-order valence-corrected chi connectivity index (χ1v) is 7.94. The number of nitrogens with one attached hydrogen (secondary N) is 1. The van der Waals surface area contributed by atoms with Gasteiger partial charge in [-0.3, -0.25) is 10.1 Å². The molecule has 0 bridgehead atoms. The normalized spacial score (nSPS) is 20.0. The van der Waals surface area contributed by atoms with Crippen molar-refractivity contribution in [3.05, 3.63) is 35.6 Å². The fraction of sp³-hybridized carbons (Fsp3) is 0.588. The maximum atomic E-state index is 14.0. The van der Waals surface area contributed by atoms with E-state index in [2.05, 4.69) is 19.2 Å². The van der Waals surface area contributed by atoms with Crippen molar-refractivity contribution >= 4 is 5.91 Å². The van der Waals surface area contributed by atoms with E-state index in [4.69, 9.17) is 0 Å². The second-order valence-electron chi connectivity index (χ2n) is 5.80. The van der Waals surface area contributed by atoms with Gasteiger partial charge in [0, 0.05) is 11.6 Å². The molecule has 1 aliphatic heterocycles. The zero-order valence-corrected chi connectivity index (χ0v) is 12.9. The van der Waals surface area contributed by atoms with Gasteiger partial charge in [-0.25, -0.2) is 4.39 Å². The third-order valence-corrected chi connectivity index (χ3v) is 4.16. The SMILES string of the molecule is CCCCCCC(C)N1C(=O)CNC1c1ccccc1F. The second kappa shape index (κ2) is 7.55. The average molecular weight is 292 g/mol. The van der Waals surface area contributed by atoms with Crippen molar-refractivity contribution in [1.82, 2.24) is 10.2 Å². The number of amides is 1. The molecule has 1 aliphatic rings. The van der Waals surface area contributed by atoms with Crippen molar-refractivity contribution in [3.63, 3.8) is 0 Å². The van der Waals surface area contributed by atoms with Crippen LogP contribution in [0.4, 0.5) is 4.39 Å². The Kier molecular flexibility index (Phi) is 5.74. The van der Waals surface area contributed by atoms with Crippen LogP contribution >= 0.6 is 0 Å². The average Bonchev–Trinajstić information content (AvgIpc) is 2.85. The molecule has 1 heterocycles. The summed E-state index contributed by atoms with van der Waals surface area (Å²) < 4.78 is 14.0. The number of hydrogen-bond donors (Lipinski definition) is 1. The molecule has 4 heteroatoms. The Labute approximate surface area is 126 Å². The molecule has 1 aromatic rings. The Balaban J connectivity index is 2.05. The molecule has 2 unspecified atom stereocenters. The Morgan fingerprint density at radius 3 is 2.81 bits per heavy atom. The van der Waals surface area contributed by atoms with E-state index in [1.165, 1.54) is 25.3 Å². The molecule has 0 aromatic heterocycles. The van der Waals surface area contributed by atoms with Crippen molar-refractivity contribution in [2.45, 2.75) is 58.2 Å². The van der Waals surface area contributed by atoms with Crippen LogP contribution in [0.2, 0.25) is 0 Å². The number of carbonyl (C=O) groups excluding carboxylic acids is 1. The highest BCUT2D eigenvalue weighted by Crippen LogP contribution is 2.28. The molecule has 0 aliphatic carbocycles. The van der Waals surface area contributed by atoms with Gasteiger partial charge in [-0.15, -0.1) is 0 Å². The summed E-state index contributed by atoms with van der Waals surface area (Å²) in [5.41, 5.74) is 0.559. The first kappa shape index (κ1) is 16.0. The molecule has 2 atom stereocenters. The summed E-state index contributed by atoms with van der Waals surface area (Å²) >= 11 is 0. The van der Waals surface area contributed by atoms with Crippen molar-refractivity contribution < 1.29 is 9.18 Å². The van der Waals surface area contributed by atoms with Crippen molar-refractivity contribution in [2.24, 2.45) is 0 Å². The smallest absolute Gasteiger partial charge is 0.238 e. The molecular weight excluding hydrogens is 267 g/mol. The Bertz CT molecular complexity index is 478. The van der Waals surface area contributed by atoms with E-state index >= 15 is 0 Å². The lowest BCUT2D eigenvalue weighted by atomic mass is 10.1. The summed E-state index contributed by atoms with van der Waals surface area (Å²) in [5.74, 6) is -0.195. The first-order chi connectivity index (χ1) is 10.1. The maximum absolute atomic E-state index is 14.0. The van der Waals surface area contributed by atoms with Gasteiger partial charge in [-0.1, -0.05) is 50.8 Å². The molecular formula is C17H25FN2O. The second-order valence-corrected chi connectivity index (χ2v) is 5.80. The molecule has 21 heavy (non-hydrogen) atoms. The van der Waals surface area contributed by atoms with Crippen LogP contribution in [-0.4, -0.2) is 23.4 Å². The van der Waals surface area contributed by atoms with Crippen molar-refractivity contribution in [3.8, 4) is 0 Å². The van der Waals surface area contributed by atoms with Crippen LogP contribution in [0.15, 0.2) is 24.3 Å². The third kappa shape index (κ3) is 3.82. The topological polar surface area (TPSA) is 32.3 Å². The van der Waals surface area contributed by atoms with E-state index in [0.29, 0.717) is 5.56 Å². The van der Waals surface area contributed by atoms with Gasteiger partial charge in [0.05, 0.1) is 6.54 Å². The van der Waals surface area contributed by atoms with Crippen molar-refractivity contribution in [1.29, 1.82) is 0 Å². The van der Waals surface area contributed by atoms with Crippen LogP contribution in [0.5, 0.6) is 0 Å². The van der Waals surface area contributed by atoms with Crippen LogP contribution in [0.1, 0.15) is 57.7 Å². The van der Waals surface area contributed by atoms with Gasteiger partial charge in [0.2, 0.25) is 5.91 Å². The van der Waals surface area contributed by atoms with Gasteiger partial charge >= 0.3 is 0 Å². The summed E-state index contributed by atoms with van der Waals surface area (Å²) in [4.78, 5) is 14.0. The highest BCUT2D eigenvalue weighted by molar-refractivity contribution is 5.81. The summed E-state index contributed by atoms with van der Waals surface area (Å²) in [7, 11) is 0. The van der Waals surface area contributed by atoms with E-state index in [1.54, 1.807) is 12.1 Å². The van der Waals surface area contributed by atoms with Gasteiger partial charge in [0.1, 0.15) is 12.0 Å². The first-order valence-electron chi connectivity index (χ1n) is 7.94. The Hall–Kier alpha value is -1.42. The number of rotatable bonds is 7. The molecule has 3 nitrogen and oxygen atoms in total. The fourth-order valence-corrected chi connectivity index (χ4v) is 2.98. The lowest BCUT2D eigenvalue weighted by molar-refractivity contribution is -0.130. The van der Waals surface area contributed by atoms with Gasteiger partial charge in [-0.2, -0.15) is 0 Å². The molecule has 1 N–H and O–H groups in total. The highest BCUT2D eigenvalue weighted by Gasteiger charge is 2.35. The number of unbranched alkanes of at least 4 members (excludes halogenated alkanes) is 3. The minimum Gasteiger partial charge on any atom is -0.319 e. The molecule has 1 saturated heterocycles. The van der Waals surface area contributed by atoms with Crippen LogP contribution in [0, 0.1) is 5.82 Å². The van der Waals surface area contributed by atoms with E-state index in [0.717, 1.165) is 12.8 Å². The fourth-order valence-electron chi connectivity index (χ4n) is 2.98. The molecule has 116 valence electrons. The highest BCUT2D eigenvalue weighted by atomic mass is 19.1. The zero-order chi connectivity index (χ0) is 15.2. The van der Waals surface area contributed by atoms with Crippen LogP contribution in [0.3, 0.4) is 0 Å². The monoisotopic (exact) mass is 292 g/mol. The molecule has 0 spiro atoms. The lowest BCUT2D eigenvalue weighted by Crippen LogP contribution is -2.38. The van der Waals surface area contributed by atoms with Crippen molar-refractivity contribution in [2.75, 3.05) is 6.54 Å². The summed E-state index contributed by atoms with van der Waals surface area (Å²) in [6.07, 6.45) is 5.38. The van der Waals surface area contributed by atoms with Gasteiger partial charge in [0.25, 0.3) is 0 Å². The molecule has 1 aromatic carbocycles. The van der Waals surface area contributed by atoms with Gasteiger partial charge in [0.15, 0.2) is 0 Å². The molecule has 1 amide bonds. The predicted octanol–water partition coefficient (Wildman–Crippen LogP) is 3.62. The summed E-state index contributed by atoms with van der Waals surface area (Å²) in [6, 6.07) is 6.82. The Morgan fingerprint density at radius 2 is 2.10 bits per heavy atom. The number of benzene rings is 1. The van der Waals surface area contributed by atoms with Crippen LogP contribution in [-0.2, 0) is 4.79 Å². The third-order valence-electron chi connectivity index (χ3n) is 4.16.